The number of hydrogen-bond donors (Lipinski definition) is 0. The normalized spacial score (nSPS) is 22.8. The van der Waals surface area contributed by atoms with Crippen LogP contribution < -0.4 is 0 Å². The highest BCUT2D eigenvalue weighted by molar-refractivity contribution is 7.89. The van der Waals surface area contributed by atoms with Crippen molar-refractivity contribution in [2.45, 2.75) is 39.0 Å². The molecule has 1 heterocycles. The molecule has 28 heavy (non-hydrogen) atoms. The summed E-state index contributed by atoms with van der Waals surface area (Å²) in [4.78, 5) is 25.9. The van der Waals surface area contributed by atoms with Crippen molar-refractivity contribution in [2.75, 3.05) is 32.8 Å². The molecule has 0 unspecified atom stereocenters. The number of carbonyl (C=O) groups excluding carboxylic acids is 2. The van der Waals surface area contributed by atoms with E-state index in [9.17, 15) is 18.0 Å². The minimum Gasteiger partial charge on any atom is -0.455 e. The first-order chi connectivity index (χ1) is 13.1. The first-order valence-corrected chi connectivity index (χ1v) is 11.1. The van der Waals surface area contributed by atoms with E-state index in [1.165, 1.54) is 4.31 Å². The molecular formula is C20H28N2O5S. The lowest BCUT2D eigenvalue weighted by molar-refractivity contribution is -0.153. The maximum atomic E-state index is 13.1. The Bertz CT molecular complexity index is 865. The molecule has 1 saturated carbocycles. The summed E-state index contributed by atoms with van der Waals surface area (Å²) in [6.45, 7) is 8.30. The van der Waals surface area contributed by atoms with Crippen LogP contribution in [0.15, 0.2) is 17.0 Å². The Morgan fingerprint density at radius 2 is 1.61 bits per heavy atom. The molecule has 154 valence electrons. The van der Waals surface area contributed by atoms with Gasteiger partial charge in [-0.15, -0.1) is 0 Å². The zero-order valence-electron chi connectivity index (χ0n) is 16.9. The molecule has 0 aromatic heterocycles. The van der Waals surface area contributed by atoms with Crippen LogP contribution in [0.25, 0.3) is 0 Å². The second-order valence-corrected chi connectivity index (χ2v) is 9.81. The van der Waals surface area contributed by atoms with Crippen molar-refractivity contribution in [3.63, 3.8) is 0 Å². The summed E-state index contributed by atoms with van der Waals surface area (Å²) in [6.07, 6.45) is 0.821. The molecule has 1 amide bonds. The molecule has 0 radical (unpaired) electrons. The van der Waals surface area contributed by atoms with E-state index in [1.54, 1.807) is 4.90 Å². The lowest BCUT2D eigenvalue weighted by Crippen LogP contribution is -2.51. The molecule has 0 bridgehead atoms. The van der Waals surface area contributed by atoms with Gasteiger partial charge >= 0.3 is 5.97 Å². The number of rotatable bonds is 5. The maximum absolute atomic E-state index is 13.1. The summed E-state index contributed by atoms with van der Waals surface area (Å²) in [5.74, 6) is -0.324. The van der Waals surface area contributed by atoms with Crippen LogP contribution in [-0.2, 0) is 24.3 Å². The van der Waals surface area contributed by atoms with Gasteiger partial charge in [0.25, 0.3) is 5.91 Å². The Hall–Kier alpha value is -1.93. The average Bonchev–Trinajstić information content (AvgIpc) is 3.35. The van der Waals surface area contributed by atoms with Crippen molar-refractivity contribution >= 4 is 21.9 Å². The molecule has 0 spiro atoms. The van der Waals surface area contributed by atoms with Gasteiger partial charge < -0.3 is 9.64 Å². The Kier molecular flexibility index (Phi) is 5.82. The van der Waals surface area contributed by atoms with E-state index in [4.69, 9.17) is 4.74 Å². The molecule has 3 rings (SSSR count). The third-order valence-electron chi connectivity index (χ3n) is 5.54. The largest absolute Gasteiger partial charge is 0.455 e. The van der Waals surface area contributed by atoms with Gasteiger partial charge in [0.1, 0.15) is 0 Å². The van der Waals surface area contributed by atoms with Crippen LogP contribution >= 0.6 is 0 Å². The minimum absolute atomic E-state index is 0.0734. The summed E-state index contributed by atoms with van der Waals surface area (Å²) < 4.78 is 32.7. The van der Waals surface area contributed by atoms with Crippen LogP contribution in [-0.4, -0.2) is 62.3 Å². The van der Waals surface area contributed by atoms with E-state index in [0.717, 1.165) is 23.1 Å². The van der Waals surface area contributed by atoms with Gasteiger partial charge in [0, 0.05) is 26.2 Å². The third kappa shape index (κ3) is 4.22. The predicted octanol–water partition coefficient (Wildman–Crippen LogP) is 1.64. The van der Waals surface area contributed by atoms with Crippen LogP contribution in [0.5, 0.6) is 0 Å². The van der Waals surface area contributed by atoms with Crippen molar-refractivity contribution < 1.29 is 22.7 Å². The molecule has 7 nitrogen and oxygen atoms in total. The van der Waals surface area contributed by atoms with Gasteiger partial charge in [-0.25, -0.2) is 8.42 Å². The molecule has 1 aromatic rings. The van der Waals surface area contributed by atoms with E-state index in [0.29, 0.717) is 23.9 Å². The molecule has 1 saturated heterocycles. The molecule has 2 atom stereocenters. The van der Waals surface area contributed by atoms with E-state index in [2.05, 4.69) is 0 Å². The molecule has 0 N–H and O–H groups in total. The highest BCUT2D eigenvalue weighted by atomic mass is 32.2. The van der Waals surface area contributed by atoms with E-state index < -0.39 is 10.0 Å². The first-order valence-electron chi connectivity index (χ1n) is 9.63. The number of ether oxygens (including phenoxy) is 1. The fourth-order valence-corrected chi connectivity index (χ4v) is 5.70. The smallest absolute Gasteiger partial charge is 0.309 e. The van der Waals surface area contributed by atoms with Crippen molar-refractivity contribution in [3.8, 4) is 0 Å². The quantitative estimate of drug-likeness (QED) is 0.692. The van der Waals surface area contributed by atoms with Crippen molar-refractivity contribution in [2.24, 2.45) is 11.8 Å². The molecular weight excluding hydrogens is 380 g/mol. The SMILES string of the molecule is Cc1cc(C)c(S(=O)(=O)N2CCN(C(=O)COC(=O)[C@@H]3C[C@@H]3C)CC2)c(C)c1. The Balaban J connectivity index is 1.58. The summed E-state index contributed by atoms with van der Waals surface area (Å²) >= 11 is 0. The number of piperazine rings is 1. The van der Waals surface area contributed by atoms with Crippen molar-refractivity contribution in [1.29, 1.82) is 0 Å². The number of hydrogen-bond acceptors (Lipinski definition) is 5. The van der Waals surface area contributed by atoms with Gasteiger partial charge in [-0.05, 0) is 44.2 Å². The van der Waals surface area contributed by atoms with Crippen molar-refractivity contribution in [1.82, 2.24) is 9.21 Å². The number of sulfonamides is 1. The number of benzene rings is 1. The van der Waals surface area contributed by atoms with Gasteiger partial charge in [0.15, 0.2) is 6.61 Å². The lowest BCUT2D eigenvalue weighted by Gasteiger charge is -2.34. The predicted molar refractivity (Wildman–Crippen MR) is 104 cm³/mol. The van der Waals surface area contributed by atoms with Crippen molar-refractivity contribution in [3.05, 3.63) is 28.8 Å². The number of aryl methyl sites for hydroxylation is 3. The maximum Gasteiger partial charge on any atom is 0.309 e. The van der Waals surface area contributed by atoms with Gasteiger partial charge in [-0.1, -0.05) is 24.6 Å². The number of carbonyl (C=O) groups is 2. The number of nitrogens with zero attached hydrogens (tertiary/aromatic N) is 2. The molecule has 1 aromatic carbocycles. The average molecular weight is 409 g/mol. The molecule has 1 aliphatic heterocycles. The number of amides is 1. The summed E-state index contributed by atoms with van der Waals surface area (Å²) in [5, 5.41) is 0. The fraction of sp³-hybridized carbons (Fsp3) is 0.600. The van der Waals surface area contributed by atoms with Crippen LogP contribution in [0.2, 0.25) is 0 Å². The van der Waals surface area contributed by atoms with E-state index in [-0.39, 0.29) is 37.5 Å². The molecule has 2 aliphatic rings. The lowest BCUT2D eigenvalue weighted by atomic mass is 10.1. The second-order valence-electron chi connectivity index (χ2n) is 7.94. The van der Waals surface area contributed by atoms with Crippen LogP contribution in [0, 0.1) is 32.6 Å². The molecule has 1 aliphatic carbocycles. The highest BCUT2D eigenvalue weighted by Crippen LogP contribution is 2.38. The van der Waals surface area contributed by atoms with E-state index in [1.807, 2.05) is 39.8 Å². The fourth-order valence-electron chi connectivity index (χ4n) is 3.86. The molecule has 2 fully saturated rings. The number of esters is 1. The van der Waals surface area contributed by atoms with Crippen LogP contribution in [0.3, 0.4) is 0 Å². The van der Waals surface area contributed by atoms with Gasteiger partial charge in [-0.3, -0.25) is 9.59 Å². The molecule has 8 heteroatoms. The summed E-state index contributed by atoms with van der Waals surface area (Å²) in [7, 11) is -3.61. The van der Waals surface area contributed by atoms with Crippen LogP contribution in [0.1, 0.15) is 30.0 Å². The minimum atomic E-state index is -3.61. The van der Waals surface area contributed by atoms with Gasteiger partial charge in [-0.2, -0.15) is 4.31 Å². The zero-order valence-corrected chi connectivity index (χ0v) is 17.7. The summed E-state index contributed by atoms with van der Waals surface area (Å²) in [6, 6.07) is 3.74. The first kappa shape index (κ1) is 20.8. The second kappa shape index (κ2) is 7.83. The Morgan fingerprint density at radius 1 is 1.07 bits per heavy atom. The monoisotopic (exact) mass is 408 g/mol. The van der Waals surface area contributed by atoms with Gasteiger partial charge in [0.05, 0.1) is 10.8 Å². The highest BCUT2D eigenvalue weighted by Gasteiger charge is 2.41. The zero-order chi connectivity index (χ0) is 20.6. The Morgan fingerprint density at radius 3 is 2.11 bits per heavy atom. The Labute approximate surface area is 166 Å². The standard InChI is InChI=1S/C20H28N2O5S/c1-13-9-15(3)19(16(4)10-13)28(25,26)22-7-5-21(6-8-22)18(23)12-27-20(24)17-11-14(17)2/h9-10,14,17H,5-8,11-12H2,1-4H3/t14-,17+/m0/s1. The third-order valence-corrected chi connectivity index (χ3v) is 7.75. The van der Waals surface area contributed by atoms with E-state index >= 15 is 0 Å². The van der Waals surface area contributed by atoms with Crippen LogP contribution in [0.4, 0.5) is 0 Å². The topological polar surface area (TPSA) is 84.0 Å². The summed E-state index contributed by atoms with van der Waals surface area (Å²) in [5.41, 5.74) is 2.49. The van der Waals surface area contributed by atoms with Gasteiger partial charge in [0.2, 0.25) is 10.0 Å².